The van der Waals surface area contributed by atoms with Crippen molar-refractivity contribution in [2.24, 2.45) is 0 Å². The molecule has 1 saturated heterocycles. The predicted octanol–water partition coefficient (Wildman–Crippen LogP) is 3.20. The molecule has 2 aromatic carbocycles. The van der Waals surface area contributed by atoms with Crippen molar-refractivity contribution in [3.8, 4) is 0 Å². The van der Waals surface area contributed by atoms with E-state index in [0.29, 0.717) is 12.1 Å². The zero-order valence-electron chi connectivity index (χ0n) is 18.5. The van der Waals surface area contributed by atoms with Crippen molar-refractivity contribution in [3.63, 3.8) is 0 Å². The van der Waals surface area contributed by atoms with E-state index in [9.17, 15) is 23.6 Å². The van der Waals surface area contributed by atoms with Gasteiger partial charge >= 0.3 is 5.69 Å². The number of rotatable bonds is 8. The number of fused-ring (bicyclic) bond motifs is 1. The Bertz CT molecular complexity index is 1360. The summed E-state index contributed by atoms with van der Waals surface area (Å²) in [4.78, 5) is 51.3. The number of thioether (sulfide) groups is 1. The average Bonchev–Trinajstić information content (AvgIpc) is 3.24. The minimum atomic E-state index is -0.536. The minimum absolute atomic E-state index is 0.0302. The van der Waals surface area contributed by atoms with Gasteiger partial charge in [-0.1, -0.05) is 37.3 Å². The maximum Gasteiger partial charge on any atom is 0.329 e. The fraction of sp³-hybridized carbons (Fsp3) is 0.250. The summed E-state index contributed by atoms with van der Waals surface area (Å²) >= 11 is 0.728. The number of aromatic nitrogens is 2. The molecule has 0 saturated carbocycles. The number of nitrogens with zero attached hydrogens (tertiary/aromatic N) is 3. The molecule has 8 nitrogen and oxygen atoms in total. The Morgan fingerprint density at radius 2 is 1.68 bits per heavy atom. The van der Waals surface area contributed by atoms with Crippen molar-refractivity contribution in [2.45, 2.75) is 26.4 Å². The molecule has 4 rings (SSSR count). The van der Waals surface area contributed by atoms with Gasteiger partial charge in [-0.05, 0) is 42.5 Å². The molecular formula is C24H23FN4O4S. The number of nitrogens with one attached hydrogen (secondary N) is 1. The van der Waals surface area contributed by atoms with Crippen LogP contribution < -0.4 is 11.0 Å². The van der Waals surface area contributed by atoms with E-state index < -0.39 is 22.9 Å². The van der Waals surface area contributed by atoms with Crippen molar-refractivity contribution in [1.82, 2.24) is 19.4 Å². The zero-order chi connectivity index (χ0) is 24.2. The normalized spacial score (nSPS) is 15.0. The Kier molecular flexibility index (Phi) is 6.97. The first-order valence-corrected chi connectivity index (χ1v) is 11.7. The lowest BCUT2D eigenvalue weighted by molar-refractivity contribution is -0.124. The van der Waals surface area contributed by atoms with Gasteiger partial charge < -0.3 is 5.32 Å². The van der Waals surface area contributed by atoms with Gasteiger partial charge in [0.2, 0.25) is 5.91 Å². The topological polar surface area (TPSA) is 93.4 Å². The van der Waals surface area contributed by atoms with Crippen LogP contribution in [-0.2, 0) is 22.7 Å². The van der Waals surface area contributed by atoms with E-state index in [-0.39, 0.29) is 35.8 Å². The van der Waals surface area contributed by atoms with E-state index in [1.54, 1.807) is 22.8 Å². The number of halogens is 1. The van der Waals surface area contributed by atoms with Crippen LogP contribution in [-0.4, -0.2) is 44.2 Å². The Morgan fingerprint density at radius 3 is 2.38 bits per heavy atom. The third-order valence-electron chi connectivity index (χ3n) is 5.40. The van der Waals surface area contributed by atoms with Crippen LogP contribution in [0.3, 0.4) is 0 Å². The maximum absolute atomic E-state index is 13.9. The highest BCUT2D eigenvalue weighted by Crippen LogP contribution is 2.32. The lowest BCUT2D eigenvalue weighted by atomic mass is 10.2. The Hall–Kier alpha value is -3.66. The molecule has 176 valence electrons. The van der Waals surface area contributed by atoms with Crippen LogP contribution >= 0.6 is 11.8 Å². The molecule has 3 aromatic rings. The highest BCUT2D eigenvalue weighted by molar-refractivity contribution is 8.18. The van der Waals surface area contributed by atoms with Crippen LogP contribution in [0.15, 0.2) is 58.2 Å². The Morgan fingerprint density at radius 1 is 1.00 bits per heavy atom. The van der Waals surface area contributed by atoms with E-state index in [2.05, 4.69) is 5.32 Å². The van der Waals surface area contributed by atoms with E-state index in [0.717, 1.165) is 28.6 Å². The smallest absolute Gasteiger partial charge is 0.329 e. The first-order valence-electron chi connectivity index (χ1n) is 10.9. The van der Waals surface area contributed by atoms with Gasteiger partial charge in [0.15, 0.2) is 0 Å². The fourth-order valence-corrected chi connectivity index (χ4v) is 4.65. The molecule has 1 aliphatic heterocycles. The third-order valence-corrected chi connectivity index (χ3v) is 6.30. The fourth-order valence-electron chi connectivity index (χ4n) is 3.80. The molecule has 3 amide bonds. The van der Waals surface area contributed by atoms with E-state index in [4.69, 9.17) is 0 Å². The van der Waals surface area contributed by atoms with Crippen molar-refractivity contribution < 1.29 is 18.8 Å². The summed E-state index contributed by atoms with van der Waals surface area (Å²) in [7, 11) is 0. The number of para-hydroxylation sites is 2. The van der Waals surface area contributed by atoms with E-state index >= 15 is 0 Å². The zero-order valence-corrected chi connectivity index (χ0v) is 19.3. The lowest BCUT2D eigenvalue weighted by Gasteiger charge is -2.13. The molecule has 34 heavy (non-hydrogen) atoms. The van der Waals surface area contributed by atoms with Crippen molar-refractivity contribution in [3.05, 3.63) is 75.3 Å². The highest BCUT2D eigenvalue weighted by Gasteiger charge is 2.34. The number of carbonyl (C=O) groups is 3. The summed E-state index contributed by atoms with van der Waals surface area (Å²) in [5, 5.41) is 2.18. The number of amides is 3. The van der Waals surface area contributed by atoms with Crippen LogP contribution in [0.2, 0.25) is 0 Å². The summed E-state index contributed by atoms with van der Waals surface area (Å²) in [5.41, 5.74) is 1.39. The number of imidazole rings is 1. The van der Waals surface area contributed by atoms with Crippen LogP contribution in [0.5, 0.6) is 0 Å². The molecule has 10 heteroatoms. The van der Waals surface area contributed by atoms with Gasteiger partial charge in [0, 0.05) is 25.2 Å². The predicted molar refractivity (Wildman–Crippen MR) is 129 cm³/mol. The third kappa shape index (κ3) is 4.67. The summed E-state index contributed by atoms with van der Waals surface area (Å²) < 4.78 is 16.9. The maximum atomic E-state index is 13.9. The molecule has 0 radical (unpaired) electrons. The van der Waals surface area contributed by atoms with Gasteiger partial charge in [-0.3, -0.25) is 28.4 Å². The molecular weight excluding hydrogens is 459 g/mol. The first kappa shape index (κ1) is 23.5. The van der Waals surface area contributed by atoms with Crippen LogP contribution in [0.1, 0.15) is 18.9 Å². The molecule has 0 bridgehead atoms. The second-order valence-corrected chi connectivity index (χ2v) is 8.71. The molecule has 1 fully saturated rings. The molecule has 1 aromatic heterocycles. The molecule has 0 unspecified atom stereocenters. The van der Waals surface area contributed by atoms with Crippen molar-refractivity contribution >= 4 is 45.9 Å². The number of carbonyl (C=O) groups excluding carboxylic acids is 3. The van der Waals surface area contributed by atoms with Gasteiger partial charge in [-0.15, -0.1) is 0 Å². The van der Waals surface area contributed by atoms with Gasteiger partial charge in [0.25, 0.3) is 11.1 Å². The lowest BCUT2D eigenvalue weighted by Crippen LogP contribution is -2.39. The van der Waals surface area contributed by atoms with Gasteiger partial charge in [0.05, 0.1) is 15.9 Å². The van der Waals surface area contributed by atoms with Gasteiger partial charge in [0.1, 0.15) is 12.4 Å². The SMILES string of the molecule is CCCn1c(=O)n(CC(=O)NCCN2C(=O)S/C(=C/c3ccccc3F)C2=O)c2ccccc21. The molecule has 0 aliphatic carbocycles. The second-order valence-electron chi connectivity index (χ2n) is 7.71. The van der Waals surface area contributed by atoms with Crippen molar-refractivity contribution in [2.75, 3.05) is 13.1 Å². The molecule has 0 atom stereocenters. The standard InChI is InChI=1S/C24H23FN4O4S/c1-2-12-27-18-9-5-6-10-19(18)29(23(27)32)15-21(30)26-11-13-28-22(31)20(34-24(28)33)14-16-7-3-4-8-17(16)25/h3-10,14H,2,11-13,15H2,1H3,(H,26,30)/b20-14+. The first-order chi connectivity index (χ1) is 16.4. The van der Waals surface area contributed by atoms with Gasteiger partial charge in [-0.25, -0.2) is 9.18 Å². The number of hydrogen-bond acceptors (Lipinski definition) is 5. The van der Waals surface area contributed by atoms with Crippen molar-refractivity contribution in [1.29, 1.82) is 0 Å². The van der Waals surface area contributed by atoms with E-state index in [1.165, 1.54) is 28.8 Å². The van der Waals surface area contributed by atoms with E-state index in [1.807, 2.05) is 19.1 Å². The van der Waals surface area contributed by atoms with Crippen LogP contribution in [0, 0.1) is 5.82 Å². The minimum Gasteiger partial charge on any atom is -0.353 e. The number of imide groups is 1. The second kappa shape index (κ2) is 10.1. The molecule has 0 spiro atoms. The summed E-state index contributed by atoms with van der Waals surface area (Å²) in [5.74, 6) is -1.43. The number of aryl methyl sites for hydroxylation is 1. The van der Waals surface area contributed by atoms with Crippen LogP contribution in [0.25, 0.3) is 17.1 Å². The summed E-state index contributed by atoms with van der Waals surface area (Å²) in [6.45, 7) is 2.35. The monoisotopic (exact) mass is 482 g/mol. The molecule has 1 N–H and O–H groups in total. The number of hydrogen-bond donors (Lipinski definition) is 1. The van der Waals surface area contributed by atoms with Gasteiger partial charge in [-0.2, -0.15) is 0 Å². The quantitative estimate of drug-likeness (QED) is 0.498. The molecule has 1 aliphatic rings. The highest BCUT2D eigenvalue weighted by atomic mass is 32.2. The van der Waals surface area contributed by atoms with Crippen LogP contribution in [0.4, 0.5) is 9.18 Å². The average molecular weight is 483 g/mol. The summed E-state index contributed by atoms with van der Waals surface area (Å²) in [6.07, 6.45) is 2.13. The number of benzene rings is 2. The Balaban J connectivity index is 1.39. The summed E-state index contributed by atoms with van der Waals surface area (Å²) in [6, 6.07) is 13.3. The Labute approximate surface area is 199 Å². The largest absolute Gasteiger partial charge is 0.353 e. The molecule has 2 heterocycles.